The molecule has 0 bridgehead atoms. The highest BCUT2D eigenvalue weighted by Gasteiger charge is 2.40. The van der Waals surface area contributed by atoms with Crippen LogP contribution in [0.4, 0.5) is 5.69 Å². The van der Waals surface area contributed by atoms with Gasteiger partial charge in [-0.1, -0.05) is 36.6 Å². The highest BCUT2D eigenvalue weighted by molar-refractivity contribution is 7.80. The molecule has 0 spiro atoms. The number of rotatable bonds is 7. The third-order valence-electron chi connectivity index (χ3n) is 6.94. The quantitative estimate of drug-likeness (QED) is 0.456. The minimum atomic E-state index is -0.0618. The van der Waals surface area contributed by atoms with E-state index >= 15 is 0 Å². The molecule has 1 saturated carbocycles. The lowest BCUT2D eigenvalue weighted by molar-refractivity contribution is -0.116. The van der Waals surface area contributed by atoms with Gasteiger partial charge in [0.25, 0.3) is 0 Å². The topological polar surface area (TPSA) is 62.2 Å². The van der Waals surface area contributed by atoms with E-state index in [-0.39, 0.29) is 18.0 Å². The highest BCUT2D eigenvalue weighted by Crippen LogP contribution is 2.40. The molecule has 34 heavy (non-hydrogen) atoms. The predicted molar refractivity (Wildman–Crippen MR) is 139 cm³/mol. The van der Waals surface area contributed by atoms with Crippen LogP contribution in [0.25, 0.3) is 0 Å². The fourth-order valence-electron chi connectivity index (χ4n) is 5.13. The number of hydrogen-bond donors (Lipinski definition) is 2. The normalized spacial score (nSPS) is 20.5. The van der Waals surface area contributed by atoms with Crippen molar-refractivity contribution < 1.29 is 4.79 Å². The van der Waals surface area contributed by atoms with Crippen LogP contribution in [0.1, 0.15) is 67.1 Å². The number of benzene rings is 1. The second-order valence-electron chi connectivity index (χ2n) is 9.31. The molecule has 6 nitrogen and oxygen atoms in total. The minimum Gasteiger partial charge on any atom is -0.352 e. The van der Waals surface area contributed by atoms with Crippen molar-refractivity contribution in [1.29, 1.82) is 0 Å². The first-order chi connectivity index (χ1) is 16.6. The van der Waals surface area contributed by atoms with Crippen LogP contribution in [0.3, 0.4) is 0 Å². The van der Waals surface area contributed by atoms with Crippen molar-refractivity contribution in [3.8, 4) is 0 Å². The molecule has 2 fully saturated rings. The van der Waals surface area contributed by atoms with E-state index in [0.29, 0.717) is 24.1 Å². The van der Waals surface area contributed by atoms with Gasteiger partial charge in [-0.05, 0) is 67.9 Å². The summed E-state index contributed by atoms with van der Waals surface area (Å²) in [6, 6.07) is 16.5. The van der Waals surface area contributed by atoms with Crippen LogP contribution in [-0.2, 0) is 4.79 Å². The van der Waals surface area contributed by atoms with Gasteiger partial charge in [-0.2, -0.15) is 0 Å². The molecule has 3 aromatic rings. The molecule has 1 saturated heterocycles. The molecule has 1 amide bonds. The number of hydrogen-bond acceptors (Lipinski definition) is 3. The number of carbonyl (C=O) groups excluding carboxylic acids is 1. The molecule has 7 heteroatoms. The summed E-state index contributed by atoms with van der Waals surface area (Å²) in [4.78, 5) is 19.5. The van der Waals surface area contributed by atoms with Gasteiger partial charge < -0.3 is 20.1 Å². The summed E-state index contributed by atoms with van der Waals surface area (Å²) in [5.41, 5.74) is 4.14. The number of anilines is 1. The summed E-state index contributed by atoms with van der Waals surface area (Å²) in [7, 11) is 0. The fraction of sp³-hybridized carbons (Fsp3) is 0.370. The summed E-state index contributed by atoms with van der Waals surface area (Å²) in [5, 5.41) is 7.15. The van der Waals surface area contributed by atoms with Gasteiger partial charge in [0.2, 0.25) is 5.91 Å². The van der Waals surface area contributed by atoms with Crippen LogP contribution >= 0.6 is 12.2 Å². The van der Waals surface area contributed by atoms with Crippen LogP contribution in [0.2, 0.25) is 0 Å². The van der Waals surface area contributed by atoms with Gasteiger partial charge in [-0.3, -0.25) is 9.78 Å². The van der Waals surface area contributed by atoms with E-state index in [1.807, 2.05) is 55.6 Å². The molecule has 5 rings (SSSR count). The smallest absolute Gasteiger partial charge is 0.226 e. The fourth-order valence-corrected chi connectivity index (χ4v) is 5.46. The molecule has 2 atom stereocenters. The van der Waals surface area contributed by atoms with Gasteiger partial charge in [-0.15, -0.1) is 0 Å². The first kappa shape index (κ1) is 22.6. The third-order valence-corrected chi connectivity index (χ3v) is 7.29. The van der Waals surface area contributed by atoms with Crippen LogP contribution in [0.5, 0.6) is 0 Å². The van der Waals surface area contributed by atoms with E-state index in [1.54, 1.807) is 0 Å². The Labute approximate surface area is 206 Å². The summed E-state index contributed by atoms with van der Waals surface area (Å²) < 4.78 is 2.36. The average molecular weight is 474 g/mol. The minimum absolute atomic E-state index is 0.0165. The Morgan fingerprint density at radius 3 is 2.68 bits per heavy atom. The van der Waals surface area contributed by atoms with Crippen LogP contribution < -0.4 is 10.6 Å². The van der Waals surface area contributed by atoms with Crippen molar-refractivity contribution in [2.75, 3.05) is 11.9 Å². The first-order valence-electron chi connectivity index (χ1n) is 12.1. The van der Waals surface area contributed by atoms with E-state index in [9.17, 15) is 4.79 Å². The zero-order valence-corrected chi connectivity index (χ0v) is 20.3. The Morgan fingerprint density at radius 1 is 1.15 bits per heavy atom. The van der Waals surface area contributed by atoms with Crippen LogP contribution in [0.15, 0.2) is 67.1 Å². The number of aromatic nitrogens is 2. The number of pyridine rings is 1. The van der Waals surface area contributed by atoms with Crippen molar-refractivity contribution in [3.05, 3.63) is 83.9 Å². The first-order valence-corrected chi connectivity index (χ1v) is 12.5. The second-order valence-corrected chi connectivity index (χ2v) is 9.70. The molecule has 1 aromatic carbocycles. The lowest BCUT2D eigenvalue weighted by Crippen LogP contribution is -2.32. The third kappa shape index (κ3) is 4.85. The SMILES string of the molecule is Cc1ccc(NC(=O)CCN2C(=S)N[C@H](c3ccccn3)[C@H]2c2ccn(C3CCCC3)c2)cc1. The monoisotopic (exact) mass is 473 g/mol. The lowest BCUT2D eigenvalue weighted by atomic mass is 9.99. The van der Waals surface area contributed by atoms with Crippen molar-refractivity contribution in [2.24, 2.45) is 0 Å². The number of amides is 1. The number of thiocarbonyl (C=S) groups is 1. The van der Waals surface area contributed by atoms with Gasteiger partial charge >= 0.3 is 0 Å². The molecule has 1 aliphatic carbocycles. The Balaban J connectivity index is 1.35. The van der Waals surface area contributed by atoms with Gasteiger partial charge in [0, 0.05) is 43.3 Å². The van der Waals surface area contributed by atoms with Gasteiger partial charge in [0.1, 0.15) is 0 Å². The predicted octanol–water partition coefficient (Wildman–Crippen LogP) is 5.31. The molecular weight excluding hydrogens is 442 g/mol. The van der Waals surface area contributed by atoms with Crippen molar-refractivity contribution in [1.82, 2.24) is 19.8 Å². The molecule has 2 aromatic heterocycles. The largest absolute Gasteiger partial charge is 0.352 e. The molecule has 2 aliphatic rings. The number of carbonyl (C=O) groups is 1. The van der Waals surface area contributed by atoms with Gasteiger partial charge in [0.05, 0.1) is 17.8 Å². The Kier molecular flexibility index (Phi) is 6.63. The molecule has 176 valence electrons. The van der Waals surface area contributed by atoms with E-state index < -0.39 is 0 Å². The van der Waals surface area contributed by atoms with Gasteiger partial charge in [0.15, 0.2) is 5.11 Å². The summed E-state index contributed by atoms with van der Waals surface area (Å²) in [5.74, 6) is -0.0183. The van der Waals surface area contributed by atoms with Gasteiger partial charge in [-0.25, -0.2) is 0 Å². The lowest BCUT2D eigenvalue weighted by Gasteiger charge is -2.27. The van der Waals surface area contributed by atoms with E-state index in [4.69, 9.17) is 12.2 Å². The maximum absolute atomic E-state index is 12.7. The standard InChI is InChI=1S/C27H31N5OS/c1-19-9-11-21(12-10-19)29-24(33)14-17-32-26(20-13-16-31(18-20)22-6-2-3-7-22)25(30-27(32)34)23-8-4-5-15-28-23/h4-5,8-13,15-16,18,22,25-26H,2-3,6-7,14,17H2,1H3,(H,29,33)(H,30,34)/t25-,26-/m1/s1. The summed E-state index contributed by atoms with van der Waals surface area (Å²) in [6.45, 7) is 2.57. The number of nitrogens with zero attached hydrogens (tertiary/aromatic N) is 3. The molecule has 0 radical (unpaired) electrons. The Morgan fingerprint density at radius 2 is 1.94 bits per heavy atom. The molecule has 3 heterocycles. The summed E-state index contributed by atoms with van der Waals surface area (Å²) >= 11 is 5.75. The maximum Gasteiger partial charge on any atom is 0.226 e. The summed E-state index contributed by atoms with van der Waals surface area (Å²) in [6.07, 6.45) is 11.7. The molecule has 2 N–H and O–H groups in total. The molecular formula is C27H31N5OS. The molecule has 0 unspecified atom stereocenters. The van der Waals surface area contributed by atoms with Crippen LogP contribution in [0, 0.1) is 6.92 Å². The number of nitrogens with one attached hydrogen (secondary N) is 2. The van der Waals surface area contributed by atoms with Crippen molar-refractivity contribution >= 4 is 28.9 Å². The average Bonchev–Trinajstić information content (AvgIpc) is 3.60. The Bertz CT molecular complexity index is 1140. The maximum atomic E-state index is 12.7. The Hall–Kier alpha value is -3.19. The second kappa shape index (κ2) is 9.97. The number of aryl methyl sites for hydroxylation is 1. The van der Waals surface area contributed by atoms with E-state index in [0.717, 1.165) is 11.4 Å². The van der Waals surface area contributed by atoms with Crippen molar-refractivity contribution in [2.45, 2.75) is 57.2 Å². The zero-order chi connectivity index (χ0) is 23.5. The van der Waals surface area contributed by atoms with E-state index in [1.165, 1.54) is 36.8 Å². The zero-order valence-electron chi connectivity index (χ0n) is 19.5. The van der Waals surface area contributed by atoms with Crippen LogP contribution in [-0.4, -0.2) is 32.0 Å². The van der Waals surface area contributed by atoms with Crippen molar-refractivity contribution in [3.63, 3.8) is 0 Å². The van der Waals surface area contributed by atoms with E-state index in [2.05, 4.69) is 43.5 Å². The highest BCUT2D eigenvalue weighted by atomic mass is 32.1. The molecule has 1 aliphatic heterocycles.